The van der Waals surface area contributed by atoms with E-state index in [0.29, 0.717) is 6.54 Å². The van der Waals surface area contributed by atoms with Crippen molar-refractivity contribution < 1.29 is 5.21 Å². The molecule has 0 amide bonds. The number of hydroxylamine groups is 2. The van der Waals surface area contributed by atoms with Gasteiger partial charge in [-0.2, -0.15) is 5.06 Å². The Morgan fingerprint density at radius 1 is 1.08 bits per heavy atom. The molecular formula is C11H17NO. The number of benzene rings is 1. The molecule has 1 aromatic carbocycles. The first-order chi connectivity index (χ1) is 6.00. The molecule has 2 nitrogen and oxygen atoms in total. The molecule has 0 saturated heterocycles. The third-order valence-electron chi connectivity index (χ3n) is 2.35. The standard InChI is InChI=1S/C11H17NO/c1-8-5-10(3)11(6-9(8)2)7-12(4)13/h5-6,13H,7H2,1-4H3. The average Bonchev–Trinajstić information content (AvgIpc) is 1.99. The van der Waals surface area contributed by atoms with E-state index in [4.69, 9.17) is 5.21 Å². The van der Waals surface area contributed by atoms with Crippen LogP contribution in [0.15, 0.2) is 12.1 Å². The minimum atomic E-state index is 0.590. The second-order valence-electron chi connectivity index (χ2n) is 3.68. The largest absolute Gasteiger partial charge is 0.314 e. The fraction of sp³-hybridized carbons (Fsp3) is 0.455. The second-order valence-corrected chi connectivity index (χ2v) is 3.68. The maximum absolute atomic E-state index is 9.12. The average molecular weight is 179 g/mol. The van der Waals surface area contributed by atoms with Crippen molar-refractivity contribution in [2.75, 3.05) is 7.05 Å². The van der Waals surface area contributed by atoms with E-state index in [9.17, 15) is 0 Å². The van der Waals surface area contributed by atoms with Gasteiger partial charge in [0, 0.05) is 13.6 Å². The molecule has 0 radical (unpaired) electrons. The maximum atomic E-state index is 9.12. The van der Waals surface area contributed by atoms with Crippen molar-refractivity contribution >= 4 is 0 Å². The van der Waals surface area contributed by atoms with Gasteiger partial charge in [0.05, 0.1) is 0 Å². The van der Waals surface area contributed by atoms with E-state index in [0.717, 1.165) is 0 Å². The highest BCUT2D eigenvalue weighted by atomic mass is 16.5. The van der Waals surface area contributed by atoms with Crippen LogP contribution in [0.4, 0.5) is 0 Å². The van der Waals surface area contributed by atoms with E-state index < -0.39 is 0 Å². The highest BCUT2D eigenvalue weighted by molar-refractivity contribution is 5.36. The van der Waals surface area contributed by atoms with E-state index in [1.165, 1.54) is 27.3 Å². The predicted molar refractivity (Wildman–Crippen MR) is 53.9 cm³/mol. The summed E-state index contributed by atoms with van der Waals surface area (Å²) in [4.78, 5) is 0. The van der Waals surface area contributed by atoms with Gasteiger partial charge in [0.1, 0.15) is 0 Å². The van der Waals surface area contributed by atoms with Gasteiger partial charge in [0.15, 0.2) is 0 Å². The molecule has 0 unspecified atom stereocenters. The van der Waals surface area contributed by atoms with Crippen LogP contribution in [0.1, 0.15) is 22.3 Å². The molecule has 2 heteroatoms. The lowest BCUT2D eigenvalue weighted by Gasteiger charge is -2.13. The predicted octanol–water partition coefficient (Wildman–Crippen LogP) is 2.43. The van der Waals surface area contributed by atoms with Crippen LogP contribution in [0.25, 0.3) is 0 Å². The van der Waals surface area contributed by atoms with Crippen molar-refractivity contribution in [2.24, 2.45) is 0 Å². The Morgan fingerprint density at radius 2 is 1.62 bits per heavy atom. The van der Waals surface area contributed by atoms with Gasteiger partial charge in [-0.25, -0.2) is 0 Å². The van der Waals surface area contributed by atoms with Crippen LogP contribution in [-0.2, 0) is 6.54 Å². The zero-order valence-electron chi connectivity index (χ0n) is 8.76. The number of rotatable bonds is 2. The van der Waals surface area contributed by atoms with Gasteiger partial charge in [-0.3, -0.25) is 0 Å². The fourth-order valence-electron chi connectivity index (χ4n) is 1.44. The lowest BCUT2D eigenvalue weighted by Crippen LogP contribution is -2.12. The summed E-state index contributed by atoms with van der Waals surface area (Å²) in [5, 5.41) is 10.3. The van der Waals surface area contributed by atoms with E-state index >= 15 is 0 Å². The highest BCUT2D eigenvalue weighted by Crippen LogP contribution is 2.15. The third kappa shape index (κ3) is 2.54. The van der Waals surface area contributed by atoms with E-state index in [1.807, 2.05) is 0 Å². The molecule has 0 spiro atoms. The van der Waals surface area contributed by atoms with Crippen LogP contribution < -0.4 is 0 Å². The van der Waals surface area contributed by atoms with Crippen LogP contribution >= 0.6 is 0 Å². The summed E-state index contributed by atoms with van der Waals surface area (Å²) in [6.45, 7) is 6.86. The Morgan fingerprint density at radius 3 is 2.15 bits per heavy atom. The molecule has 0 heterocycles. The van der Waals surface area contributed by atoms with Gasteiger partial charge in [0.2, 0.25) is 0 Å². The zero-order valence-corrected chi connectivity index (χ0v) is 8.76. The first kappa shape index (κ1) is 10.2. The molecule has 0 aliphatic heterocycles. The Hall–Kier alpha value is -0.860. The summed E-state index contributed by atoms with van der Waals surface area (Å²) in [5.41, 5.74) is 5.02. The molecular weight excluding hydrogens is 162 g/mol. The summed E-state index contributed by atoms with van der Waals surface area (Å²) < 4.78 is 0. The maximum Gasteiger partial charge on any atom is 0.0488 e. The summed E-state index contributed by atoms with van der Waals surface area (Å²) >= 11 is 0. The van der Waals surface area contributed by atoms with Crippen LogP contribution in [0, 0.1) is 20.8 Å². The number of hydrogen-bond donors (Lipinski definition) is 1. The number of nitrogens with zero attached hydrogens (tertiary/aromatic N) is 1. The van der Waals surface area contributed by atoms with Crippen LogP contribution in [-0.4, -0.2) is 17.3 Å². The van der Waals surface area contributed by atoms with Crippen molar-refractivity contribution in [2.45, 2.75) is 27.3 Å². The van der Waals surface area contributed by atoms with Gasteiger partial charge in [-0.15, -0.1) is 0 Å². The molecule has 0 saturated carbocycles. The molecule has 72 valence electrons. The Kier molecular flexibility index (Phi) is 3.07. The van der Waals surface area contributed by atoms with Gasteiger partial charge in [-0.1, -0.05) is 12.1 Å². The quantitative estimate of drug-likeness (QED) is 0.705. The lowest BCUT2D eigenvalue weighted by molar-refractivity contribution is -0.0732. The first-order valence-electron chi connectivity index (χ1n) is 4.47. The van der Waals surface area contributed by atoms with Crippen LogP contribution in [0.5, 0.6) is 0 Å². The molecule has 0 aliphatic rings. The summed E-state index contributed by atoms with van der Waals surface area (Å²) in [6, 6.07) is 4.30. The first-order valence-corrected chi connectivity index (χ1v) is 4.47. The van der Waals surface area contributed by atoms with Gasteiger partial charge < -0.3 is 5.21 Å². The SMILES string of the molecule is Cc1cc(C)c(CN(C)O)cc1C. The summed E-state index contributed by atoms with van der Waals surface area (Å²) in [6.07, 6.45) is 0. The van der Waals surface area contributed by atoms with Crippen molar-refractivity contribution in [1.82, 2.24) is 5.06 Å². The molecule has 0 bridgehead atoms. The van der Waals surface area contributed by atoms with E-state index in [1.54, 1.807) is 7.05 Å². The monoisotopic (exact) mass is 179 g/mol. The van der Waals surface area contributed by atoms with Crippen LogP contribution in [0.2, 0.25) is 0 Å². The minimum Gasteiger partial charge on any atom is -0.314 e. The second kappa shape index (κ2) is 3.90. The van der Waals surface area contributed by atoms with Crippen molar-refractivity contribution in [3.63, 3.8) is 0 Å². The molecule has 1 N–H and O–H groups in total. The van der Waals surface area contributed by atoms with Crippen molar-refractivity contribution in [3.8, 4) is 0 Å². The fourth-order valence-corrected chi connectivity index (χ4v) is 1.44. The lowest BCUT2D eigenvalue weighted by atomic mass is 10.0. The third-order valence-corrected chi connectivity index (χ3v) is 2.35. The summed E-state index contributed by atoms with van der Waals surface area (Å²) in [5.74, 6) is 0. The topological polar surface area (TPSA) is 23.5 Å². The smallest absolute Gasteiger partial charge is 0.0488 e. The number of aryl methyl sites for hydroxylation is 3. The normalized spacial score (nSPS) is 10.9. The summed E-state index contributed by atoms with van der Waals surface area (Å²) in [7, 11) is 1.66. The zero-order chi connectivity index (χ0) is 10.0. The molecule has 0 aliphatic carbocycles. The van der Waals surface area contributed by atoms with Gasteiger partial charge >= 0.3 is 0 Å². The van der Waals surface area contributed by atoms with E-state index in [-0.39, 0.29) is 0 Å². The highest BCUT2D eigenvalue weighted by Gasteiger charge is 2.03. The van der Waals surface area contributed by atoms with Crippen LogP contribution in [0.3, 0.4) is 0 Å². The van der Waals surface area contributed by atoms with Gasteiger partial charge in [0.25, 0.3) is 0 Å². The molecule has 0 atom stereocenters. The van der Waals surface area contributed by atoms with Gasteiger partial charge in [-0.05, 0) is 43.0 Å². The molecule has 0 fully saturated rings. The Labute approximate surface area is 79.8 Å². The molecule has 13 heavy (non-hydrogen) atoms. The van der Waals surface area contributed by atoms with Crippen molar-refractivity contribution in [3.05, 3.63) is 34.4 Å². The molecule has 1 aromatic rings. The Bertz CT molecular complexity index is 305. The number of hydrogen-bond acceptors (Lipinski definition) is 2. The van der Waals surface area contributed by atoms with Crippen molar-refractivity contribution in [1.29, 1.82) is 0 Å². The Balaban J connectivity index is 3.01. The minimum absolute atomic E-state index is 0.590. The van der Waals surface area contributed by atoms with E-state index in [2.05, 4.69) is 32.9 Å². The molecule has 0 aromatic heterocycles. The molecule has 1 rings (SSSR count).